The molecule has 1 aliphatic carbocycles. The Labute approximate surface area is 264 Å². The minimum absolute atomic E-state index is 0.00282. The first-order valence-corrected chi connectivity index (χ1v) is 14.6. The molecule has 0 radical (unpaired) electrons. The van der Waals surface area contributed by atoms with E-state index in [9.17, 15) is 24.6 Å². The van der Waals surface area contributed by atoms with E-state index in [4.69, 9.17) is 33.7 Å². The number of rotatable bonds is 6. The van der Waals surface area contributed by atoms with Gasteiger partial charge in [0.25, 0.3) is 5.69 Å². The number of halogens is 3. The molecule has 2 aliphatic rings. The molecular weight excluding hydrogens is 606 g/mol. The van der Waals surface area contributed by atoms with E-state index in [0.29, 0.717) is 29.0 Å². The fourth-order valence-electron chi connectivity index (χ4n) is 6.06. The molecule has 44 heavy (non-hydrogen) atoms. The Kier molecular flexibility index (Phi) is 8.19. The zero-order chi connectivity index (χ0) is 32.1. The quantitative estimate of drug-likeness (QED) is 0.214. The van der Waals surface area contributed by atoms with Crippen molar-refractivity contribution in [2.75, 3.05) is 4.90 Å². The second kappa shape index (κ2) is 11.6. The van der Waals surface area contributed by atoms with Crippen LogP contribution in [0, 0.1) is 46.5 Å². The van der Waals surface area contributed by atoms with Crippen molar-refractivity contribution in [3.8, 4) is 11.8 Å². The normalized spacial score (nSPS) is 17.8. The monoisotopic (exact) mass is 634 g/mol. The van der Waals surface area contributed by atoms with Gasteiger partial charge >= 0.3 is 0 Å². The summed E-state index contributed by atoms with van der Waals surface area (Å²) in [5, 5.41) is 22.9. The molecule has 2 N–H and O–H groups in total. The van der Waals surface area contributed by atoms with E-state index in [-0.39, 0.29) is 51.6 Å². The molecule has 0 fully saturated rings. The van der Waals surface area contributed by atoms with E-state index in [1.54, 1.807) is 0 Å². The molecule has 11 heteroatoms. The predicted octanol–water partition coefficient (Wildman–Crippen LogP) is 8.18. The Morgan fingerprint density at radius 1 is 1.14 bits per heavy atom. The summed E-state index contributed by atoms with van der Waals surface area (Å²) < 4.78 is 19.5. The largest absolute Gasteiger partial charge is 0.487 e. The van der Waals surface area contributed by atoms with Crippen LogP contribution in [0.4, 0.5) is 15.8 Å². The van der Waals surface area contributed by atoms with Crippen LogP contribution < -0.4 is 15.4 Å². The number of allylic oxidation sites excluding steroid dienone is 3. The molecule has 1 atom stereocenters. The molecule has 3 aromatic rings. The van der Waals surface area contributed by atoms with Crippen LogP contribution >= 0.6 is 23.2 Å². The van der Waals surface area contributed by atoms with Gasteiger partial charge in [-0.25, -0.2) is 4.39 Å². The Morgan fingerprint density at radius 2 is 1.86 bits per heavy atom. The minimum atomic E-state index is -0.810. The SMILES string of the molecule is Cc1cc(C)c(C2C(C#N)=C(N)N(c3ccc(Cl)cc3[N+](=O)[O-])C3=C2C(=O)CC(C)(C)C3)cc1COc1ccc(F)cc1Cl. The first-order chi connectivity index (χ1) is 20.7. The number of benzene rings is 3. The van der Waals surface area contributed by atoms with Gasteiger partial charge in [-0.15, -0.1) is 0 Å². The van der Waals surface area contributed by atoms with E-state index in [1.165, 1.54) is 41.3 Å². The van der Waals surface area contributed by atoms with Crippen molar-refractivity contribution in [2.45, 2.75) is 53.1 Å². The summed E-state index contributed by atoms with van der Waals surface area (Å²) in [6.07, 6.45) is 0.606. The summed E-state index contributed by atoms with van der Waals surface area (Å²) in [4.78, 5) is 27.0. The van der Waals surface area contributed by atoms with Crippen molar-refractivity contribution in [3.63, 3.8) is 0 Å². The Morgan fingerprint density at radius 3 is 2.52 bits per heavy atom. The molecule has 1 unspecified atom stereocenters. The van der Waals surface area contributed by atoms with Crippen LogP contribution in [-0.4, -0.2) is 10.7 Å². The fraction of sp³-hybridized carbons (Fsp3) is 0.273. The first-order valence-electron chi connectivity index (χ1n) is 13.8. The number of nitro groups is 1. The number of ether oxygens (including phenoxy) is 1. The second-order valence-electron chi connectivity index (χ2n) is 11.9. The van der Waals surface area contributed by atoms with Crippen molar-refractivity contribution in [2.24, 2.45) is 11.1 Å². The molecule has 226 valence electrons. The zero-order valence-electron chi connectivity index (χ0n) is 24.5. The smallest absolute Gasteiger partial charge is 0.294 e. The number of anilines is 1. The highest BCUT2D eigenvalue weighted by atomic mass is 35.5. The molecule has 0 spiro atoms. The van der Waals surface area contributed by atoms with Crippen LogP contribution in [0.2, 0.25) is 10.0 Å². The van der Waals surface area contributed by atoms with E-state index in [2.05, 4.69) is 6.07 Å². The average molecular weight is 636 g/mol. The lowest BCUT2D eigenvalue weighted by Gasteiger charge is -2.43. The number of carbonyl (C=O) groups is 1. The van der Waals surface area contributed by atoms with E-state index in [0.717, 1.165) is 16.7 Å². The van der Waals surface area contributed by atoms with Crippen LogP contribution in [0.5, 0.6) is 5.75 Å². The maximum absolute atomic E-state index is 14.0. The Bertz CT molecular complexity index is 1840. The Hall–Kier alpha value is -4.39. The number of hydrogen-bond donors (Lipinski definition) is 1. The lowest BCUT2D eigenvalue weighted by Crippen LogP contribution is -2.42. The molecule has 0 saturated carbocycles. The zero-order valence-corrected chi connectivity index (χ0v) is 26.0. The van der Waals surface area contributed by atoms with Gasteiger partial charge in [-0.2, -0.15) is 5.26 Å². The van der Waals surface area contributed by atoms with Gasteiger partial charge in [-0.3, -0.25) is 19.8 Å². The number of nitrogens with zero attached hydrogens (tertiary/aromatic N) is 3. The van der Waals surface area contributed by atoms with Gasteiger partial charge in [0.15, 0.2) is 5.78 Å². The molecule has 8 nitrogen and oxygen atoms in total. The highest BCUT2D eigenvalue weighted by Gasteiger charge is 2.46. The number of Topliss-reactive ketones (excluding diaryl/α,β-unsaturated/α-hetero) is 1. The highest BCUT2D eigenvalue weighted by Crippen LogP contribution is 2.52. The molecule has 0 aromatic heterocycles. The van der Waals surface area contributed by atoms with Gasteiger partial charge in [0, 0.05) is 28.8 Å². The highest BCUT2D eigenvalue weighted by molar-refractivity contribution is 6.32. The minimum Gasteiger partial charge on any atom is -0.487 e. The van der Waals surface area contributed by atoms with Gasteiger partial charge in [-0.05, 0) is 78.3 Å². The number of ketones is 1. The second-order valence-corrected chi connectivity index (χ2v) is 12.7. The van der Waals surface area contributed by atoms with Crippen LogP contribution in [0.25, 0.3) is 0 Å². The Balaban J connectivity index is 1.70. The maximum Gasteiger partial charge on any atom is 0.294 e. The van der Waals surface area contributed by atoms with Crippen LogP contribution in [0.1, 0.15) is 54.9 Å². The van der Waals surface area contributed by atoms with Crippen LogP contribution in [0.15, 0.2) is 71.2 Å². The van der Waals surface area contributed by atoms with Crippen LogP contribution in [-0.2, 0) is 11.4 Å². The summed E-state index contributed by atoms with van der Waals surface area (Å²) >= 11 is 12.3. The number of nitriles is 1. The third-order valence-electron chi connectivity index (χ3n) is 8.07. The van der Waals surface area contributed by atoms with Gasteiger partial charge in [0.05, 0.1) is 27.5 Å². The van der Waals surface area contributed by atoms with Gasteiger partial charge in [0.2, 0.25) is 0 Å². The number of hydrogen-bond acceptors (Lipinski definition) is 7. The molecule has 0 bridgehead atoms. The third kappa shape index (κ3) is 5.63. The fourth-order valence-corrected chi connectivity index (χ4v) is 6.45. The van der Waals surface area contributed by atoms with E-state index in [1.807, 2.05) is 39.8 Å². The van der Waals surface area contributed by atoms with E-state index >= 15 is 0 Å². The molecule has 1 aliphatic heterocycles. The summed E-state index contributed by atoms with van der Waals surface area (Å²) in [7, 11) is 0. The standard InChI is InChI=1S/C33H29Cl2FN4O4/c1-17-9-18(2)22(10-19(17)16-44-29-8-6-21(36)12-24(29)35)30-23(15-37)32(38)39(25-7-5-20(34)11-26(25)40(42)43)27-13-33(3,4)14-28(41)31(27)30/h5-12,30H,13-14,16,38H2,1-4H3. The topological polar surface area (TPSA) is 122 Å². The van der Waals surface area contributed by atoms with Gasteiger partial charge in [0.1, 0.15) is 29.7 Å². The summed E-state index contributed by atoms with van der Waals surface area (Å²) in [6.45, 7) is 7.80. The van der Waals surface area contributed by atoms with Crippen molar-refractivity contribution in [1.29, 1.82) is 5.26 Å². The van der Waals surface area contributed by atoms with E-state index < -0.39 is 22.1 Å². The van der Waals surface area contributed by atoms with Crippen molar-refractivity contribution < 1.29 is 18.8 Å². The van der Waals surface area contributed by atoms with Crippen molar-refractivity contribution >= 4 is 40.4 Å². The lowest BCUT2D eigenvalue weighted by atomic mass is 9.68. The predicted molar refractivity (Wildman–Crippen MR) is 167 cm³/mol. The lowest BCUT2D eigenvalue weighted by molar-refractivity contribution is -0.384. The summed E-state index contributed by atoms with van der Waals surface area (Å²) in [5.74, 6) is -1.15. The number of aryl methyl sites for hydroxylation is 2. The number of carbonyl (C=O) groups excluding carboxylic acids is 1. The van der Waals surface area contributed by atoms with Crippen molar-refractivity contribution in [1.82, 2.24) is 0 Å². The molecule has 3 aromatic carbocycles. The first kappa shape index (κ1) is 31.0. The third-order valence-corrected chi connectivity index (χ3v) is 8.60. The van der Waals surface area contributed by atoms with Gasteiger partial charge < -0.3 is 10.5 Å². The average Bonchev–Trinajstić information content (AvgIpc) is 2.92. The molecule has 0 amide bonds. The van der Waals surface area contributed by atoms with Crippen LogP contribution in [0.3, 0.4) is 0 Å². The molecule has 1 heterocycles. The summed E-state index contributed by atoms with van der Waals surface area (Å²) in [6, 6.07) is 14.1. The summed E-state index contributed by atoms with van der Waals surface area (Å²) in [5.41, 5.74) is 10.2. The van der Waals surface area contributed by atoms with Gasteiger partial charge in [-0.1, -0.05) is 49.2 Å². The number of nitro benzene ring substituents is 1. The van der Waals surface area contributed by atoms with Crippen molar-refractivity contribution in [3.05, 3.63) is 119 Å². The molecule has 5 rings (SSSR count). The number of nitrogens with two attached hydrogens (primary N) is 1. The molecular formula is C33H29Cl2FN4O4. The maximum atomic E-state index is 14.0. The molecule has 0 saturated heterocycles.